The van der Waals surface area contributed by atoms with Crippen molar-refractivity contribution in [2.45, 2.75) is 111 Å². The number of quaternary nitrogens is 2. The zero-order valence-corrected chi connectivity index (χ0v) is 29.0. The van der Waals surface area contributed by atoms with E-state index in [0.717, 1.165) is 48.3 Å². The molecule has 236 valence electrons. The van der Waals surface area contributed by atoms with Crippen molar-refractivity contribution in [2.75, 3.05) is 55.6 Å². The van der Waals surface area contributed by atoms with Crippen LogP contribution in [-0.4, -0.2) is 81.7 Å². The predicted molar refractivity (Wildman–Crippen MR) is 171 cm³/mol. The summed E-state index contributed by atoms with van der Waals surface area (Å²) >= 11 is 0. The van der Waals surface area contributed by atoms with E-state index in [4.69, 9.17) is 4.74 Å². The van der Waals surface area contributed by atoms with E-state index in [1.165, 1.54) is 57.8 Å². The molecule has 1 amide bonds. The molecular weight excluding hydrogens is 506 g/mol. The zero-order chi connectivity index (χ0) is 30.4. The van der Waals surface area contributed by atoms with Crippen molar-refractivity contribution in [2.24, 2.45) is 46.3 Å². The Balaban J connectivity index is 1.42. The van der Waals surface area contributed by atoms with Gasteiger partial charge in [-0.05, 0) is 91.3 Å². The third-order valence-electron chi connectivity index (χ3n) is 12.0. The summed E-state index contributed by atoms with van der Waals surface area (Å²) in [5.41, 5.74) is 2.43. The van der Waals surface area contributed by atoms with Crippen molar-refractivity contribution in [1.82, 2.24) is 4.90 Å². The van der Waals surface area contributed by atoms with Crippen LogP contribution >= 0.6 is 0 Å². The van der Waals surface area contributed by atoms with Crippen LogP contribution in [-0.2, 0) is 4.74 Å². The summed E-state index contributed by atoms with van der Waals surface area (Å²) < 4.78 is 7.70. The molecule has 5 nitrogen and oxygen atoms in total. The van der Waals surface area contributed by atoms with Crippen LogP contribution in [0.1, 0.15) is 105 Å². The summed E-state index contributed by atoms with van der Waals surface area (Å²) in [6, 6.07) is 0. The Morgan fingerprint density at radius 3 is 2.20 bits per heavy atom. The number of nitrogens with zero attached hydrogens (tertiary/aromatic N) is 3. The Labute approximate surface area is 254 Å². The van der Waals surface area contributed by atoms with Crippen LogP contribution in [0.3, 0.4) is 0 Å². The lowest BCUT2D eigenvalue weighted by Gasteiger charge is -2.58. The first-order chi connectivity index (χ1) is 18.9. The zero-order valence-electron chi connectivity index (χ0n) is 29.0. The molecule has 0 N–H and O–H groups in total. The van der Waals surface area contributed by atoms with Crippen LogP contribution in [0.2, 0.25) is 0 Å². The first-order valence-electron chi connectivity index (χ1n) is 17.2. The number of hydrogen-bond donors (Lipinski definition) is 0. The average Bonchev–Trinajstić information content (AvgIpc) is 3.19. The number of hydrogen-bond acceptors (Lipinski definition) is 2. The normalized spacial score (nSPS) is 36.2. The minimum atomic E-state index is -0.137. The van der Waals surface area contributed by atoms with Gasteiger partial charge in [0.2, 0.25) is 0 Å². The molecule has 0 unspecified atom stereocenters. The first kappa shape index (κ1) is 32.8. The second kappa shape index (κ2) is 12.1. The maximum Gasteiger partial charge on any atom is 0.418 e. The van der Waals surface area contributed by atoms with E-state index in [0.29, 0.717) is 33.1 Å². The van der Waals surface area contributed by atoms with Crippen molar-refractivity contribution >= 4 is 6.09 Å². The Morgan fingerprint density at radius 1 is 0.927 bits per heavy atom. The van der Waals surface area contributed by atoms with Crippen LogP contribution in [0.4, 0.5) is 4.79 Å². The molecule has 4 aliphatic carbocycles. The maximum absolute atomic E-state index is 13.4. The third-order valence-corrected chi connectivity index (χ3v) is 12.0. The fraction of sp³-hybridized carbons (Fsp3) is 0.917. The molecule has 0 heterocycles. The molecule has 0 radical (unpaired) electrons. The molecule has 4 rings (SSSR count). The molecule has 41 heavy (non-hydrogen) atoms. The molecule has 3 fully saturated rings. The van der Waals surface area contributed by atoms with Crippen LogP contribution in [0, 0.1) is 46.3 Å². The van der Waals surface area contributed by atoms with Gasteiger partial charge in [-0.25, -0.2) is 9.69 Å². The standard InChI is InChI=1S/C36H67N3O2/c1-26(2)13-12-14-27(3)31-17-18-32-30-16-15-28-23-29(19-21-35(28,4)33(30)20-22-36(31,32)5)41-34(40)37(24-38(6,7)8)25-39(9,10)11/h15,26-27,29-33H,12-14,16-25H2,1-11H3/q+2/t27-,29+,30+,31-,32+,33+,35+,36-/m1/s1. The van der Waals surface area contributed by atoms with E-state index >= 15 is 0 Å². The number of ether oxygens (including phenoxy) is 1. The number of carbonyl (C=O) groups is 1. The highest BCUT2D eigenvalue weighted by atomic mass is 16.6. The van der Waals surface area contributed by atoms with E-state index in [2.05, 4.69) is 83.0 Å². The summed E-state index contributed by atoms with van der Waals surface area (Å²) in [5.74, 6) is 5.15. The molecule has 0 bridgehead atoms. The quantitative estimate of drug-likeness (QED) is 0.150. The molecule has 0 aromatic heterocycles. The summed E-state index contributed by atoms with van der Waals surface area (Å²) in [6.07, 6.45) is 16.8. The molecular formula is C36H67N3O2+2. The number of amides is 1. The second-order valence-electron chi connectivity index (χ2n) is 17.9. The summed E-state index contributed by atoms with van der Waals surface area (Å²) in [5, 5.41) is 0. The number of rotatable bonds is 10. The van der Waals surface area contributed by atoms with Crippen LogP contribution in [0.25, 0.3) is 0 Å². The van der Waals surface area contributed by atoms with Crippen molar-refractivity contribution < 1.29 is 18.5 Å². The molecule has 3 saturated carbocycles. The number of fused-ring (bicyclic) bond motifs is 5. The van der Waals surface area contributed by atoms with Gasteiger partial charge in [0.05, 0.1) is 42.3 Å². The molecule has 8 atom stereocenters. The molecule has 0 saturated heterocycles. The highest BCUT2D eigenvalue weighted by Crippen LogP contribution is 2.67. The summed E-state index contributed by atoms with van der Waals surface area (Å²) in [6.45, 7) is 13.9. The number of allylic oxidation sites excluding steroid dienone is 1. The lowest BCUT2D eigenvalue weighted by Crippen LogP contribution is -2.55. The van der Waals surface area contributed by atoms with Crippen molar-refractivity contribution in [1.29, 1.82) is 0 Å². The van der Waals surface area contributed by atoms with Crippen LogP contribution in [0.15, 0.2) is 11.6 Å². The van der Waals surface area contributed by atoms with Crippen molar-refractivity contribution in [3.63, 3.8) is 0 Å². The van der Waals surface area contributed by atoms with Crippen LogP contribution in [0.5, 0.6) is 0 Å². The monoisotopic (exact) mass is 574 g/mol. The third kappa shape index (κ3) is 7.36. The highest BCUT2D eigenvalue weighted by Gasteiger charge is 2.59. The van der Waals surface area contributed by atoms with Crippen LogP contribution < -0.4 is 0 Å². The fourth-order valence-electron chi connectivity index (χ4n) is 10.2. The molecule has 0 aliphatic heterocycles. The molecule has 4 aliphatic rings. The van der Waals surface area contributed by atoms with Gasteiger partial charge in [-0.1, -0.05) is 65.5 Å². The van der Waals surface area contributed by atoms with Gasteiger partial charge in [-0.15, -0.1) is 0 Å². The summed E-state index contributed by atoms with van der Waals surface area (Å²) in [4.78, 5) is 15.4. The van der Waals surface area contributed by atoms with E-state index in [1.54, 1.807) is 5.57 Å². The topological polar surface area (TPSA) is 29.5 Å². The minimum Gasteiger partial charge on any atom is -0.446 e. The largest absolute Gasteiger partial charge is 0.446 e. The average molecular weight is 574 g/mol. The maximum atomic E-state index is 13.4. The van der Waals surface area contributed by atoms with Gasteiger partial charge in [0.1, 0.15) is 6.10 Å². The molecule has 0 aromatic rings. The van der Waals surface area contributed by atoms with Gasteiger partial charge < -0.3 is 13.7 Å². The predicted octanol–water partition coefficient (Wildman–Crippen LogP) is 8.16. The van der Waals surface area contributed by atoms with E-state index in [9.17, 15) is 4.79 Å². The first-order valence-corrected chi connectivity index (χ1v) is 17.2. The van der Waals surface area contributed by atoms with Gasteiger partial charge in [-0.3, -0.25) is 0 Å². The van der Waals surface area contributed by atoms with E-state index in [1.807, 2.05) is 4.90 Å². The Bertz CT molecular complexity index is 929. The molecule has 5 heteroatoms. The van der Waals surface area contributed by atoms with E-state index < -0.39 is 0 Å². The summed E-state index contributed by atoms with van der Waals surface area (Å²) in [7, 11) is 12.8. The number of carbonyl (C=O) groups excluding carboxylic acids is 1. The van der Waals surface area contributed by atoms with Gasteiger partial charge >= 0.3 is 6.09 Å². The Morgan fingerprint density at radius 2 is 1.59 bits per heavy atom. The minimum absolute atomic E-state index is 0.0113. The molecule has 0 spiro atoms. The van der Waals surface area contributed by atoms with E-state index in [-0.39, 0.29) is 12.2 Å². The smallest absolute Gasteiger partial charge is 0.418 e. The van der Waals surface area contributed by atoms with Gasteiger partial charge in [0, 0.05) is 6.42 Å². The fourth-order valence-corrected chi connectivity index (χ4v) is 10.2. The highest BCUT2D eigenvalue weighted by molar-refractivity contribution is 5.67. The second-order valence-corrected chi connectivity index (χ2v) is 17.9. The molecule has 0 aromatic carbocycles. The SMILES string of the molecule is CC(C)CCC[C@@H](C)[C@H]1CC[C@H]2[C@@H]3CC=C4C[C@@H](OC(=O)N(C[N+](C)(C)C)C[N+](C)(C)C)CC[C@]4(C)[C@H]3CC[C@]12C. The Kier molecular flexibility index (Phi) is 9.72. The van der Waals surface area contributed by atoms with Gasteiger partial charge in [-0.2, -0.15) is 0 Å². The lowest BCUT2D eigenvalue weighted by molar-refractivity contribution is -0.906. The van der Waals surface area contributed by atoms with Crippen molar-refractivity contribution in [3.05, 3.63) is 11.6 Å². The van der Waals surface area contributed by atoms with Crippen molar-refractivity contribution in [3.8, 4) is 0 Å². The van der Waals surface area contributed by atoms with Gasteiger partial charge in [0.25, 0.3) is 0 Å². The van der Waals surface area contributed by atoms with Gasteiger partial charge in [0.15, 0.2) is 13.3 Å². The Hall–Kier alpha value is -1.07. The lowest BCUT2D eigenvalue weighted by atomic mass is 9.47.